The first-order valence-corrected chi connectivity index (χ1v) is 8.75. The van der Waals surface area contributed by atoms with E-state index in [2.05, 4.69) is 20.7 Å². The fraction of sp³-hybridized carbons (Fsp3) is 0.647. The van der Waals surface area contributed by atoms with Crippen LogP contribution in [-0.4, -0.2) is 72.2 Å². The van der Waals surface area contributed by atoms with E-state index in [0.717, 1.165) is 5.69 Å². The Morgan fingerprint density at radius 2 is 1.96 bits per heavy atom. The number of carbonyl (C=O) groups is 2. The maximum absolute atomic E-state index is 12.5. The highest BCUT2D eigenvalue weighted by molar-refractivity contribution is 5.98. The number of anilines is 1. The monoisotopic (exact) mass is 363 g/mol. The van der Waals surface area contributed by atoms with Crippen LogP contribution in [-0.2, 0) is 16.6 Å². The number of rotatable bonds is 4. The standard InChI is InChI=1S/C17H29N7O2/c1-17(2,3)15(26)19-6-7-20-16(18-4)23-8-9-24(14(25)12-23)13-10-21-22(5)11-13/h10-11H,6-9,12H2,1-5H3,(H,18,20)(H,19,26). The third-order valence-corrected chi connectivity index (χ3v) is 4.11. The van der Waals surface area contributed by atoms with E-state index in [4.69, 9.17) is 0 Å². The average Bonchev–Trinajstić information content (AvgIpc) is 3.00. The second kappa shape index (κ2) is 8.20. The van der Waals surface area contributed by atoms with E-state index in [1.165, 1.54) is 0 Å². The van der Waals surface area contributed by atoms with Gasteiger partial charge in [0.25, 0.3) is 0 Å². The molecule has 144 valence electrons. The van der Waals surface area contributed by atoms with Gasteiger partial charge in [-0.2, -0.15) is 5.10 Å². The smallest absolute Gasteiger partial charge is 0.246 e. The number of aliphatic imine (C=N–C) groups is 1. The lowest BCUT2D eigenvalue weighted by atomic mass is 9.96. The zero-order chi connectivity index (χ0) is 19.3. The lowest BCUT2D eigenvalue weighted by molar-refractivity contribution is -0.128. The second-order valence-corrected chi connectivity index (χ2v) is 7.32. The van der Waals surface area contributed by atoms with E-state index < -0.39 is 5.41 Å². The van der Waals surface area contributed by atoms with Crippen LogP contribution < -0.4 is 15.5 Å². The number of aromatic nitrogens is 2. The van der Waals surface area contributed by atoms with Gasteiger partial charge in [-0.3, -0.25) is 19.3 Å². The second-order valence-electron chi connectivity index (χ2n) is 7.32. The first-order valence-electron chi connectivity index (χ1n) is 8.75. The molecule has 1 aliphatic rings. The zero-order valence-corrected chi connectivity index (χ0v) is 16.2. The lowest BCUT2D eigenvalue weighted by Gasteiger charge is -2.35. The molecule has 0 radical (unpaired) electrons. The Hall–Kier alpha value is -2.58. The molecule has 1 aromatic heterocycles. The molecule has 2 N–H and O–H groups in total. The summed E-state index contributed by atoms with van der Waals surface area (Å²) in [7, 11) is 3.52. The van der Waals surface area contributed by atoms with E-state index in [9.17, 15) is 9.59 Å². The maximum Gasteiger partial charge on any atom is 0.246 e. The van der Waals surface area contributed by atoms with Crippen molar-refractivity contribution >= 4 is 23.5 Å². The van der Waals surface area contributed by atoms with Crippen LogP contribution in [0.1, 0.15) is 20.8 Å². The van der Waals surface area contributed by atoms with Crippen molar-refractivity contribution in [2.45, 2.75) is 20.8 Å². The minimum atomic E-state index is -0.406. The molecule has 0 unspecified atom stereocenters. The fourth-order valence-electron chi connectivity index (χ4n) is 2.62. The molecule has 0 atom stereocenters. The normalized spacial score (nSPS) is 16.0. The van der Waals surface area contributed by atoms with E-state index in [1.807, 2.05) is 38.9 Å². The van der Waals surface area contributed by atoms with Gasteiger partial charge in [0, 0.05) is 51.9 Å². The van der Waals surface area contributed by atoms with Crippen LogP contribution in [0.4, 0.5) is 5.69 Å². The number of amides is 2. The summed E-state index contributed by atoms with van der Waals surface area (Å²) in [5, 5.41) is 10.2. The molecule has 26 heavy (non-hydrogen) atoms. The number of piperazine rings is 1. The summed E-state index contributed by atoms with van der Waals surface area (Å²) in [5.74, 6) is 0.678. The van der Waals surface area contributed by atoms with Crippen LogP contribution in [0.3, 0.4) is 0 Å². The van der Waals surface area contributed by atoms with Crippen LogP contribution in [0.25, 0.3) is 0 Å². The molecule has 1 aliphatic heterocycles. The van der Waals surface area contributed by atoms with E-state index >= 15 is 0 Å². The van der Waals surface area contributed by atoms with Crippen molar-refractivity contribution in [3.8, 4) is 0 Å². The van der Waals surface area contributed by atoms with Crippen LogP contribution in [0.15, 0.2) is 17.4 Å². The number of hydrogen-bond acceptors (Lipinski definition) is 4. The summed E-state index contributed by atoms with van der Waals surface area (Å²) >= 11 is 0. The molecular formula is C17H29N7O2. The molecular weight excluding hydrogens is 334 g/mol. The minimum absolute atomic E-state index is 0.00763. The van der Waals surface area contributed by atoms with E-state index in [1.54, 1.807) is 22.8 Å². The van der Waals surface area contributed by atoms with Crippen molar-refractivity contribution in [3.05, 3.63) is 12.4 Å². The number of carbonyl (C=O) groups excluding carboxylic acids is 2. The van der Waals surface area contributed by atoms with Gasteiger partial charge in [0.1, 0.15) is 6.54 Å². The molecule has 0 spiro atoms. The minimum Gasteiger partial charge on any atom is -0.354 e. The molecule has 2 heterocycles. The van der Waals surface area contributed by atoms with Crippen molar-refractivity contribution in [3.63, 3.8) is 0 Å². The third kappa shape index (κ3) is 4.96. The molecule has 1 saturated heterocycles. The Bertz CT molecular complexity index is 675. The van der Waals surface area contributed by atoms with Crippen molar-refractivity contribution in [1.29, 1.82) is 0 Å². The molecule has 9 heteroatoms. The van der Waals surface area contributed by atoms with E-state index in [-0.39, 0.29) is 18.4 Å². The van der Waals surface area contributed by atoms with Crippen molar-refractivity contribution in [2.24, 2.45) is 17.5 Å². The highest BCUT2D eigenvalue weighted by Gasteiger charge is 2.27. The molecule has 1 fully saturated rings. The zero-order valence-electron chi connectivity index (χ0n) is 16.2. The number of nitrogens with one attached hydrogen (secondary N) is 2. The summed E-state index contributed by atoms with van der Waals surface area (Å²) in [5.41, 5.74) is 0.404. The first kappa shape index (κ1) is 19.7. The van der Waals surface area contributed by atoms with Crippen molar-refractivity contribution in [2.75, 3.05) is 44.7 Å². The Kier molecular flexibility index (Phi) is 6.23. The fourth-order valence-corrected chi connectivity index (χ4v) is 2.62. The van der Waals surface area contributed by atoms with E-state index in [0.29, 0.717) is 32.1 Å². The average molecular weight is 363 g/mol. The van der Waals surface area contributed by atoms with Gasteiger partial charge in [0.05, 0.1) is 11.9 Å². The SMILES string of the molecule is CN=C(NCCNC(=O)C(C)(C)C)N1CCN(c2cnn(C)c2)C(=O)C1. The lowest BCUT2D eigenvalue weighted by Crippen LogP contribution is -2.56. The van der Waals surface area contributed by atoms with Gasteiger partial charge in [-0.1, -0.05) is 20.8 Å². The highest BCUT2D eigenvalue weighted by atomic mass is 16.2. The topological polar surface area (TPSA) is 94.9 Å². The first-order chi connectivity index (χ1) is 12.2. The molecule has 0 saturated carbocycles. The predicted molar refractivity (Wildman–Crippen MR) is 101 cm³/mol. The van der Waals surface area contributed by atoms with Gasteiger partial charge in [0.2, 0.25) is 11.8 Å². The summed E-state index contributed by atoms with van der Waals surface area (Å²) in [6.45, 7) is 8.18. The molecule has 0 aromatic carbocycles. The molecule has 0 aliphatic carbocycles. The number of guanidine groups is 1. The van der Waals surface area contributed by atoms with Crippen LogP contribution >= 0.6 is 0 Å². The largest absolute Gasteiger partial charge is 0.354 e. The third-order valence-electron chi connectivity index (χ3n) is 4.11. The Morgan fingerprint density at radius 1 is 1.27 bits per heavy atom. The van der Waals surface area contributed by atoms with Gasteiger partial charge in [-0.05, 0) is 0 Å². The molecule has 1 aromatic rings. The van der Waals surface area contributed by atoms with Crippen LogP contribution in [0, 0.1) is 5.41 Å². The van der Waals surface area contributed by atoms with Gasteiger partial charge < -0.3 is 20.4 Å². The van der Waals surface area contributed by atoms with Crippen molar-refractivity contribution in [1.82, 2.24) is 25.3 Å². The van der Waals surface area contributed by atoms with Crippen molar-refractivity contribution < 1.29 is 9.59 Å². The predicted octanol–water partition coefficient (Wildman–Crippen LogP) is -0.194. The number of aryl methyl sites for hydroxylation is 1. The Morgan fingerprint density at radius 3 is 2.50 bits per heavy atom. The number of nitrogens with zero attached hydrogens (tertiary/aromatic N) is 5. The maximum atomic E-state index is 12.5. The number of hydrogen-bond donors (Lipinski definition) is 2. The summed E-state index contributed by atoms with van der Waals surface area (Å²) in [6, 6.07) is 0. The molecule has 9 nitrogen and oxygen atoms in total. The van der Waals surface area contributed by atoms with Gasteiger partial charge in [-0.15, -0.1) is 0 Å². The summed E-state index contributed by atoms with van der Waals surface area (Å²) < 4.78 is 1.68. The molecule has 2 amide bonds. The molecule has 0 bridgehead atoms. The molecule has 2 rings (SSSR count). The quantitative estimate of drug-likeness (QED) is 0.439. The van der Waals surface area contributed by atoms with Crippen LogP contribution in [0.5, 0.6) is 0 Å². The summed E-state index contributed by atoms with van der Waals surface area (Å²) in [4.78, 5) is 32.2. The Labute approximate surface area is 154 Å². The van der Waals surface area contributed by atoms with Gasteiger partial charge >= 0.3 is 0 Å². The summed E-state index contributed by atoms with van der Waals surface area (Å²) in [6.07, 6.45) is 3.52. The van der Waals surface area contributed by atoms with Gasteiger partial charge in [0.15, 0.2) is 5.96 Å². The highest BCUT2D eigenvalue weighted by Crippen LogP contribution is 2.16. The van der Waals surface area contributed by atoms with Crippen LogP contribution in [0.2, 0.25) is 0 Å². The Balaban J connectivity index is 1.82. The van der Waals surface area contributed by atoms with Gasteiger partial charge in [-0.25, -0.2) is 0 Å².